The number of hydrogen-bond acceptors (Lipinski definition) is 4. The van der Waals surface area contributed by atoms with Gasteiger partial charge in [-0.15, -0.1) is 0 Å². The molecule has 0 spiro atoms. The van der Waals surface area contributed by atoms with Crippen LogP contribution in [0.15, 0.2) is 56.7 Å². The van der Waals surface area contributed by atoms with Gasteiger partial charge < -0.3 is 5.11 Å². The van der Waals surface area contributed by atoms with Gasteiger partial charge in [0.15, 0.2) is 0 Å². The molecule has 2 aromatic rings. The van der Waals surface area contributed by atoms with Crippen LogP contribution in [0.2, 0.25) is 0 Å². The van der Waals surface area contributed by atoms with Gasteiger partial charge in [0.1, 0.15) is 5.56 Å². The van der Waals surface area contributed by atoms with Crippen LogP contribution in [0.4, 0.5) is 5.69 Å². The molecule has 0 unspecified atom stereocenters. The van der Waals surface area contributed by atoms with E-state index in [1.807, 2.05) is 24.3 Å². The van der Waals surface area contributed by atoms with E-state index >= 15 is 0 Å². The van der Waals surface area contributed by atoms with E-state index in [-0.39, 0.29) is 5.56 Å². The Balaban J connectivity index is 2.34. The number of hydrogen-bond donors (Lipinski definition) is 1. The third-order valence-electron chi connectivity index (χ3n) is 2.44. The fourth-order valence-corrected chi connectivity index (χ4v) is 2.67. The summed E-state index contributed by atoms with van der Waals surface area (Å²) >= 11 is 4.67. The molecular formula is C13H8BrNO4S. The van der Waals surface area contributed by atoms with Crippen molar-refractivity contribution in [3.05, 3.63) is 62.6 Å². The van der Waals surface area contributed by atoms with Crippen molar-refractivity contribution < 1.29 is 14.8 Å². The van der Waals surface area contributed by atoms with Crippen LogP contribution in [0.3, 0.4) is 0 Å². The summed E-state index contributed by atoms with van der Waals surface area (Å²) in [5, 5.41) is 19.8. The second kappa shape index (κ2) is 6.06. The number of nitro benzene ring substituents is 1. The van der Waals surface area contributed by atoms with E-state index in [0.717, 1.165) is 9.37 Å². The highest BCUT2D eigenvalue weighted by atomic mass is 79.9. The minimum absolute atomic E-state index is 0.308. The smallest absolute Gasteiger partial charge is 0.342 e. The van der Waals surface area contributed by atoms with Crippen molar-refractivity contribution in [1.29, 1.82) is 0 Å². The van der Waals surface area contributed by atoms with Crippen LogP contribution in [0.5, 0.6) is 0 Å². The van der Waals surface area contributed by atoms with Crippen molar-refractivity contribution >= 4 is 39.3 Å². The number of nitro groups is 1. The fourth-order valence-electron chi connectivity index (χ4n) is 1.55. The summed E-state index contributed by atoms with van der Waals surface area (Å²) in [5.74, 6) is -1.31. The topological polar surface area (TPSA) is 80.4 Å². The highest BCUT2D eigenvalue weighted by Crippen LogP contribution is 2.31. The summed E-state index contributed by atoms with van der Waals surface area (Å²) in [5.41, 5.74) is -0.713. The first-order valence-corrected chi connectivity index (χ1v) is 7.03. The highest BCUT2D eigenvalue weighted by molar-refractivity contribution is 9.10. The van der Waals surface area contributed by atoms with Gasteiger partial charge in [-0.1, -0.05) is 27.7 Å². The van der Waals surface area contributed by atoms with E-state index in [0.29, 0.717) is 4.90 Å². The molecule has 0 aromatic heterocycles. The number of halogens is 1. The first kappa shape index (κ1) is 14.5. The van der Waals surface area contributed by atoms with Crippen LogP contribution in [0, 0.1) is 10.1 Å². The molecule has 7 heteroatoms. The molecular weight excluding hydrogens is 346 g/mol. The fraction of sp³-hybridized carbons (Fsp3) is 0. The van der Waals surface area contributed by atoms with Crippen LogP contribution < -0.4 is 0 Å². The molecule has 0 fully saturated rings. The van der Waals surface area contributed by atoms with Gasteiger partial charge in [0.05, 0.1) is 4.92 Å². The molecule has 0 radical (unpaired) electrons. The number of nitrogens with zero attached hydrogens (tertiary/aromatic N) is 1. The van der Waals surface area contributed by atoms with Crippen LogP contribution in [0.1, 0.15) is 10.4 Å². The molecule has 0 aliphatic heterocycles. The second-order valence-electron chi connectivity index (χ2n) is 3.80. The van der Waals surface area contributed by atoms with E-state index in [2.05, 4.69) is 15.9 Å². The van der Waals surface area contributed by atoms with E-state index < -0.39 is 16.6 Å². The average molecular weight is 354 g/mol. The SMILES string of the molecule is O=C(O)c1cc(Sc2ccc(Br)cc2)ccc1[N+](=O)[O-]. The summed E-state index contributed by atoms with van der Waals surface area (Å²) in [6.45, 7) is 0. The first-order chi connectivity index (χ1) is 9.47. The molecule has 0 amide bonds. The summed E-state index contributed by atoms with van der Waals surface area (Å²) in [4.78, 5) is 22.7. The van der Waals surface area contributed by atoms with Gasteiger partial charge in [0.2, 0.25) is 0 Å². The molecule has 0 saturated heterocycles. The molecule has 0 bridgehead atoms. The Kier molecular flexibility index (Phi) is 4.41. The molecule has 0 atom stereocenters. The van der Waals surface area contributed by atoms with E-state index in [4.69, 9.17) is 5.11 Å². The lowest BCUT2D eigenvalue weighted by Gasteiger charge is -2.04. The summed E-state index contributed by atoms with van der Waals surface area (Å²) in [7, 11) is 0. The van der Waals surface area contributed by atoms with E-state index in [9.17, 15) is 14.9 Å². The van der Waals surface area contributed by atoms with Gasteiger partial charge in [0.25, 0.3) is 5.69 Å². The molecule has 5 nitrogen and oxygen atoms in total. The van der Waals surface area contributed by atoms with Gasteiger partial charge in [-0.25, -0.2) is 4.79 Å². The number of carboxylic acids is 1. The lowest BCUT2D eigenvalue weighted by molar-refractivity contribution is -0.385. The normalized spacial score (nSPS) is 10.2. The van der Waals surface area contributed by atoms with Crippen molar-refractivity contribution in [2.24, 2.45) is 0 Å². The zero-order valence-corrected chi connectivity index (χ0v) is 12.3. The molecule has 20 heavy (non-hydrogen) atoms. The van der Waals surface area contributed by atoms with E-state index in [1.165, 1.54) is 30.0 Å². The first-order valence-electron chi connectivity index (χ1n) is 5.42. The lowest BCUT2D eigenvalue weighted by Crippen LogP contribution is -2.02. The highest BCUT2D eigenvalue weighted by Gasteiger charge is 2.20. The molecule has 1 N–H and O–H groups in total. The van der Waals surface area contributed by atoms with Crippen LogP contribution >= 0.6 is 27.7 Å². The van der Waals surface area contributed by atoms with Gasteiger partial charge in [0, 0.05) is 20.3 Å². The zero-order valence-electron chi connectivity index (χ0n) is 9.95. The predicted molar refractivity (Wildman–Crippen MR) is 78.3 cm³/mol. The number of carbonyl (C=O) groups is 1. The number of aromatic carboxylic acids is 1. The van der Waals surface area contributed by atoms with Crippen molar-refractivity contribution in [2.75, 3.05) is 0 Å². The third kappa shape index (κ3) is 3.37. The van der Waals surface area contributed by atoms with Gasteiger partial charge >= 0.3 is 5.97 Å². The molecule has 102 valence electrons. The number of benzene rings is 2. The summed E-state index contributed by atoms with van der Waals surface area (Å²) in [6.07, 6.45) is 0. The zero-order chi connectivity index (χ0) is 14.7. The molecule has 0 aliphatic carbocycles. The maximum atomic E-state index is 11.1. The minimum atomic E-state index is -1.31. The summed E-state index contributed by atoms with van der Waals surface area (Å²) < 4.78 is 0.941. The van der Waals surface area contributed by atoms with Crippen LogP contribution in [0.25, 0.3) is 0 Å². The minimum Gasteiger partial charge on any atom is -0.477 e. The van der Waals surface area contributed by atoms with Gasteiger partial charge in [-0.3, -0.25) is 10.1 Å². The second-order valence-corrected chi connectivity index (χ2v) is 5.86. The van der Waals surface area contributed by atoms with Crippen molar-refractivity contribution in [2.45, 2.75) is 9.79 Å². The Morgan fingerprint density at radius 3 is 2.30 bits per heavy atom. The molecule has 2 rings (SSSR count). The average Bonchev–Trinajstić information content (AvgIpc) is 2.41. The Hall–Kier alpha value is -1.86. The van der Waals surface area contributed by atoms with Crippen molar-refractivity contribution in [3.63, 3.8) is 0 Å². The Labute approximate surface area is 126 Å². The number of carboxylic acid groups (broad SMARTS) is 1. The standard InChI is InChI=1S/C13H8BrNO4S/c14-8-1-3-9(4-2-8)20-10-5-6-12(15(18)19)11(7-10)13(16)17/h1-7H,(H,16,17). The van der Waals surface area contributed by atoms with Crippen molar-refractivity contribution in [3.8, 4) is 0 Å². The van der Waals surface area contributed by atoms with Crippen LogP contribution in [-0.2, 0) is 0 Å². The lowest BCUT2D eigenvalue weighted by atomic mass is 10.2. The maximum absolute atomic E-state index is 11.1. The Morgan fingerprint density at radius 2 is 1.75 bits per heavy atom. The van der Waals surface area contributed by atoms with Gasteiger partial charge in [-0.2, -0.15) is 0 Å². The molecule has 2 aromatic carbocycles. The maximum Gasteiger partial charge on any atom is 0.342 e. The third-order valence-corrected chi connectivity index (χ3v) is 3.97. The Bertz CT molecular complexity index is 673. The summed E-state index contributed by atoms with van der Waals surface area (Å²) in [6, 6.07) is 11.5. The molecule has 0 saturated carbocycles. The number of rotatable bonds is 4. The molecule has 0 aliphatic rings. The quantitative estimate of drug-likeness (QED) is 0.657. The van der Waals surface area contributed by atoms with E-state index in [1.54, 1.807) is 0 Å². The van der Waals surface area contributed by atoms with Crippen molar-refractivity contribution in [1.82, 2.24) is 0 Å². The van der Waals surface area contributed by atoms with Crippen LogP contribution in [-0.4, -0.2) is 16.0 Å². The van der Waals surface area contributed by atoms with Gasteiger partial charge in [-0.05, 0) is 36.4 Å². The molecule has 0 heterocycles. The predicted octanol–water partition coefficient (Wildman–Crippen LogP) is 4.21. The Morgan fingerprint density at radius 1 is 1.15 bits per heavy atom. The monoisotopic (exact) mass is 353 g/mol. The largest absolute Gasteiger partial charge is 0.477 e.